The summed E-state index contributed by atoms with van der Waals surface area (Å²) >= 11 is 0. The normalized spacial score (nSPS) is 22.1. The minimum absolute atomic E-state index is 0.0763. The molecule has 0 bridgehead atoms. The van der Waals surface area contributed by atoms with E-state index in [1.165, 1.54) is 18.5 Å². The Kier molecular flexibility index (Phi) is 4.25. The van der Waals surface area contributed by atoms with Gasteiger partial charge < -0.3 is 14.5 Å². The molecular weight excluding hydrogens is 264 g/mol. The van der Waals surface area contributed by atoms with Crippen molar-refractivity contribution in [2.75, 3.05) is 36.6 Å². The number of methoxy groups -OCH3 is 1. The second-order valence-electron chi connectivity index (χ2n) is 5.64. The minimum atomic E-state index is 0.0763. The minimum Gasteiger partial charge on any atom is -0.383 e. The summed E-state index contributed by atoms with van der Waals surface area (Å²) in [5.41, 5.74) is 2.20. The zero-order valence-corrected chi connectivity index (χ0v) is 12.5. The highest BCUT2D eigenvalue weighted by atomic mass is 16.5. The van der Waals surface area contributed by atoms with E-state index in [0.717, 1.165) is 31.8 Å². The van der Waals surface area contributed by atoms with Crippen molar-refractivity contribution in [3.05, 3.63) is 36.4 Å². The molecule has 1 unspecified atom stereocenters. The molecule has 1 amide bonds. The van der Waals surface area contributed by atoms with Crippen LogP contribution >= 0.6 is 0 Å². The van der Waals surface area contributed by atoms with Crippen LogP contribution in [0.25, 0.3) is 0 Å². The fourth-order valence-electron chi connectivity index (χ4n) is 3.21. The Morgan fingerprint density at radius 1 is 1.19 bits per heavy atom. The van der Waals surface area contributed by atoms with E-state index in [2.05, 4.69) is 29.2 Å². The maximum absolute atomic E-state index is 11.9. The zero-order chi connectivity index (χ0) is 14.7. The third kappa shape index (κ3) is 2.95. The van der Waals surface area contributed by atoms with Gasteiger partial charge in [-0.2, -0.15) is 0 Å². The fraction of sp³-hybridized carbons (Fsp3) is 0.471. The standard InChI is InChI=1S/C17H22N2O2/c1-21-13-16-5-4-12-18(16)14-7-9-15(10-8-14)19-11-3-2-6-17(19)20/h2,6-10,16H,3-5,11-13H2,1H3. The van der Waals surface area contributed by atoms with Crippen molar-refractivity contribution in [1.29, 1.82) is 0 Å². The summed E-state index contributed by atoms with van der Waals surface area (Å²) in [6.45, 7) is 2.63. The summed E-state index contributed by atoms with van der Waals surface area (Å²) < 4.78 is 5.31. The molecule has 1 atom stereocenters. The number of benzene rings is 1. The van der Waals surface area contributed by atoms with Gasteiger partial charge in [-0.05, 0) is 49.6 Å². The largest absolute Gasteiger partial charge is 0.383 e. The maximum atomic E-state index is 11.9. The molecule has 3 rings (SSSR count). The number of ether oxygens (including phenoxy) is 1. The molecule has 4 heteroatoms. The van der Waals surface area contributed by atoms with Crippen LogP contribution in [0, 0.1) is 0 Å². The molecule has 1 saturated heterocycles. The lowest BCUT2D eigenvalue weighted by atomic mass is 10.2. The molecule has 112 valence electrons. The maximum Gasteiger partial charge on any atom is 0.250 e. The van der Waals surface area contributed by atoms with Crippen LogP contribution in [0.4, 0.5) is 11.4 Å². The molecule has 0 spiro atoms. The van der Waals surface area contributed by atoms with E-state index >= 15 is 0 Å². The van der Waals surface area contributed by atoms with E-state index < -0.39 is 0 Å². The first-order chi connectivity index (χ1) is 10.3. The Bertz CT molecular complexity index is 524. The predicted octanol–water partition coefficient (Wildman–Crippen LogP) is 2.59. The first-order valence-corrected chi connectivity index (χ1v) is 7.63. The van der Waals surface area contributed by atoms with E-state index in [1.54, 1.807) is 13.2 Å². The summed E-state index contributed by atoms with van der Waals surface area (Å²) in [6, 6.07) is 8.81. The van der Waals surface area contributed by atoms with Gasteiger partial charge in [0.15, 0.2) is 0 Å². The highest BCUT2D eigenvalue weighted by molar-refractivity contribution is 6.02. The topological polar surface area (TPSA) is 32.8 Å². The van der Waals surface area contributed by atoms with Crippen molar-refractivity contribution < 1.29 is 9.53 Å². The molecule has 0 saturated carbocycles. The summed E-state index contributed by atoms with van der Waals surface area (Å²) in [5.74, 6) is 0.0763. The fourth-order valence-corrected chi connectivity index (χ4v) is 3.21. The van der Waals surface area contributed by atoms with Gasteiger partial charge in [-0.3, -0.25) is 4.79 Å². The highest BCUT2D eigenvalue weighted by Gasteiger charge is 2.24. The first-order valence-electron chi connectivity index (χ1n) is 7.63. The van der Waals surface area contributed by atoms with Gasteiger partial charge in [0.05, 0.1) is 12.6 Å². The van der Waals surface area contributed by atoms with Gasteiger partial charge in [-0.15, -0.1) is 0 Å². The van der Waals surface area contributed by atoms with Gasteiger partial charge in [-0.25, -0.2) is 0 Å². The number of carbonyl (C=O) groups is 1. The smallest absolute Gasteiger partial charge is 0.250 e. The quantitative estimate of drug-likeness (QED) is 0.853. The summed E-state index contributed by atoms with van der Waals surface area (Å²) in [5, 5.41) is 0. The number of anilines is 2. The Balaban J connectivity index is 1.75. The molecule has 0 aromatic heterocycles. The second kappa shape index (κ2) is 6.31. The third-order valence-electron chi connectivity index (χ3n) is 4.28. The molecule has 2 aliphatic heterocycles. The summed E-state index contributed by atoms with van der Waals surface area (Å²) in [4.78, 5) is 16.1. The number of nitrogens with zero attached hydrogens (tertiary/aromatic N) is 2. The second-order valence-corrected chi connectivity index (χ2v) is 5.64. The Morgan fingerprint density at radius 3 is 2.67 bits per heavy atom. The lowest BCUT2D eigenvalue weighted by molar-refractivity contribution is -0.114. The van der Waals surface area contributed by atoms with Crippen molar-refractivity contribution in [2.45, 2.75) is 25.3 Å². The van der Waals surface area contributed by atoms with Gasteiger partial charge >= 0.3 is 0 Å². The van der Waals surface area contributed by atoms with Crippen molar-refractivity contribution in [2.24, 2.45) is 0 Å². The van der Waals surface area contributed by atoms with Crippen LogP contribution in [0.5, 0.6) is 0 Å². The monoisotopic (exact) mass is 286 g/mol. The van der Waals surface area contributed by atoms with Gasteiger partial charge in [0, 0.05) is 31.6 Å². The molecule has 0 radical (unpaired) electrons. The number of hydrogen-bond acceptors (Lipinski definition) is 3. The average Bonchev–Trinajstić information content (AvgIpc) is 2.97. The molecule has 1 fully saturated rings. The SMILES string of the molecule is COCC1CCCN1c1ccc(N2CCC=CC2=O)cc1. The van der Waals surface area contributed by atoms with Crippen LogP contribution in [-0.2, 0) is 9.53 Å². The molecule has 2 aliphatic rings. The van der Waals surface area contributed by atoms with E-state index in [4.69, 9.17) is 4.74 Å². The van der Waals surface area contributed by atoms with Crippen LogP contribution in [0.3, 0.4) is 0 Å². The van der Waals surface area contributed by atoms with Crippen LogP contribution in [0.2, 0.25) is 0 Å². The van der Waals surface area contributed by atoms with Crippen molar-refractivity contribution in [1.82, 2.24) is 0 Å². The lowest BCUT2D eigenvalue weighted by Crippen LogP contribution is -2.33. The lowest BCUT2D eigenvalue weighted by Gasteiger charge is -2.28. The number of rotatable bonds is 4. The van der Waals surface area contributed by atoms with Crippen LogP contribution in [0.1, 0.15) is 19.3 Å². The van der Waals surface area contributed by atoms with Crippen molar-refractivity contribution in [3.63, 3.8) is 0 Å². The summed E-state index contributed by atoms with van der Waals surface area (Å²) in [7, 11) is 1.76. The van der Waals surface area contributed by atoms with E-state index in [0.29, 0.717) is 6.04 Å². The Hall–Kier alpha value is -1.81. The van der Waals surface area contributed by atoms with Crippen molar-refractivity contribution in [3.8, 4) is 0 Å². The molecule has 1 aromatic carbocycles. The zero-order valence-electron chi connectivity index (χ0n) is 12.5. The molecule has 1 aromatic rings. The van der Waals surface area contributed by atoms with Crippen LogP contribution in [-0.4, -0.2) is 38.8 Å². The first kappa shape index (κ1) is 14.1. The molecule has 0 aliphatic carbocycles. The molecule has 2 heterocycles. The van der Waals surface area contributed by atoms with E-state index in [9.17, 15) is 4.79 Å². The molecular formula is C17H22N2O2. The molecule has 4 nitrogen and oxygen atoms in total. The molecule has 0 N–H and O–H groups in total. The van der Waals surface area contributed by atoms with Gasteiger partial charge in [-0.1, -0.05) is 6.08 Å². The van der Waals surface area contributed by atoms with Crippen molar-refractivity contribution >= 4 is 17.3 Å². The van der Waals surface area contributed by atoms with Gasteiger partial charge in [0.1, 0.15) is 0 Å². The summed E-state index contributed by atoms with van der Waals surface area (Å²) in [6.07, 6.45) is 6.92. The van der Waals surface area contributed by atoms with Gasteiger partial charge in [0.25, 0.3) is 5.91 Å². The van der Waals surface area contributed by atoms with Crippen LogP contribution < -0.4 is 9.80 Å². The number of carbonyl (C=O) groups excluding carboxylic acids is 1. The van der Waals surface area contributed by atoms with Gasteiger partial charge in [0.2, 0.25) is 0 Å². The highest BCUT2D eigenvalue weighted by Crippen LogP contribution is 2.28. The third-order valence-corrected chi connectivity index (χ3v) is 4.28. The van der Waals surface area contributed by atoms with Crippen LogP contribution in [0.15, 0.2) is 36.4 Å². The average molecular weight is 286 g/mol. The number of amides is 1. The number of hydrogen-bond donors (Lipinski definition) is 0. The Morgan fingerprint density at radius 2 is 1.95 bits per heavy atom. The van der Waals surface area contributed by atoms with E-state index in [-0.39, 0.29) is 5.91 Å². The molecule has 21 heavy (non-hydrogen) atoms. The Labute approximate surface area is 126 Å². The predicted molar refractivity (Wildman–Crippen MR) is 84.8 cm³/mol. The van der Waals surface area contributed by atoms with E-state index in [1.807, 2.05) is 11.0 Å².